The summed E-state index contributed by atoms with van der Waals surface area (Å²) in [5.41, 5.74) is -0.520. The molecule has 3 unspecified atom stereocenters. The average Bonchev–Trinajstić information content (AvgIpc) is 3.17. The van der Waals surface area contributed by atoms with Crippen LogP contribution in [0.3, 0.4) is 0 Å². The lowest BCUT2D eigenvalue weighted by Crippen LogP contribution is -2.47. The third kappa shape index (κ3) is 3.16. The normalized spacial score (nSPS) is 30.6. The van der Waals surface area contributed by atoms with Gasteiger partial charge in [-0.1, -0.05) is 18.2 Å². The zero-order valence-corrected chi connectivity index (χ0v) is 14.2. The van der Waals surface area contributed by atoms with Gasteiger partial charge in [0.2, 0.25) is 0 Å². The van der Waals surface area contributed by atoms with Crippen LogP contribution < -0.4 is 5.32 Å². The highest BCUT2D eigenvalue weighted by Crippen LogP contribution is 2.50. The number of ether oxygens (including phenoxy) is 3. The van der Waals surface area contributed by atoms with Crippen molar-refractivity contribution >= 4 is 11.9 Å². The summed E-state index contributed by atoms with van der Waals surface area (Å²) in [6, 6.07) is 8.83. The molecule has 130 valence electrons. The summed E-state index contributed by atoms with van der Waals surface area (Å²) in [4.78, 5) is 25.0. The molecule has 0 radical (unpaired) electrons. The fourth-order valence-electron chi connectivity index (χ4n) is 3.20. The van der Waals surface area contributed by atoms with Crippen LogP contribution in [0.25, 0.3) is 0 Å². The van der Waals surface area contributed by atoms with Crippen LogP contribution in [0.15, 0.2) is 30.3 Å². The minimum Gasteiger partial charge on any atom is -0.464 e. The zero-order chi connectivity index (χ0) is 17.4. The van der Waals surface area contributed by atoms with E-state index in [4.69, 9.17) is 14.2 Å². The molecule has 3 atom stereocenters. The summed E-state index contributed by atoms with van der Waals surface area (Å²) in [7, 11) is 0. The van der Waals surface area contributed by atoms with E-state index in [1.165, 1.54) is 0 Å². The summed E-state index contributed by atoms with van der Waals surface area (Å²) >= 11 is 0. The number of hydrogen-bond donors (Lipinski definition) is 1. The lowest BCUT2D eigenvalue weighted by Gasteiger charge is -2.21. The number of carbonyl (C=O) groups excluding carboxylic acids is 2. The fourth-order valence-corrected chi connectivity index (χ4v) is 3.20. The Kier molecular flexibility index (Phi) is 4.36. The molecule has 1 saturated heterocycles. The Hall–Kier alpha value is -1.92. The van der Waals surface area contributed by atoms with E-state index in [1.807, 2.05) is 19.9 Å². The second kappa shape index (κ2) is 6.18. The maximum atomic E-state index is 12.5. The first-order valence-electron chi connectivity index (χ1n) is 8.24. The van der Waals surface area contributed by atoms with Gasteiger partial charge in [-0.2, -0.15) is 0 Å². The number of rotatable bonds is 5. The Balaban J connectivity index is 1.76. The van der Waals surface area contributed by atoms with Gasteiger partial charge in [0.15, 0.2) is 5.79 Å². The largest absolute Gasteiger partial charge is 0.464 e. The quantitative estimate of drug-likeness (QED) is 0.833. The van der Waals surface area contributed by atoms with Crippen molar-refractivity contribution < 1.29 is 23.8 Å². The van der Waals surface area contributed by atoms with Crippen molar-refractivity contribution in [2.24, 2.45) is 5.92 Å². The molecule has 1 heterocycles. The van der Waals surface area contributed by atoms with E-state index in [9.17, 15) is 9.59 Å². The van der Waals surface area contributed by atoms with Crippen LogP contribution in [0.1, 0.15) is 37.6 Å². The first-order chi connectivity index (χ1) is 11.4. The monoisotopic (exact) mass is 333 g/mol. The molecular weight excluding hydrogens is 310 g/mol. The highest BCUT2D eigenvalue weighted by atomic mass is 16.7. The molecule has 1 aromatic rings. The second-order valence-electron chi connectivity index (χ2n) is 6.69. The van der Waals surface area contributed by atoms with Crippen molar-refractivity contribution in [2.45, 2.75) is 44.6 Å². The Morgan fingerprint density at radius 3 is 2.58 bits per heavy atom. The van der Waals surface area contributed by atoms with E-state index in [0.717, 1.165) is 0 Å². The fraction of sp³-hybridized carbons (Fsp3) is 0.556. The summed E-state index contributed by atoms with van der Waals surface area (Å²) in [6.07, 6.45) is 0.259. The van der Waals surface area contributed by atoms with E-state index in [1.54, 1.807) is 31.2 Å². The Morgan fingerprint density at radius 1 is 1.29 bits per heavy atom. The van der Waals surface area contributed by atoms with Crippen LogP contribution >= 0.6 is 0 Å². The molecule has 1 aliphatic heterocycles. The van der Waals surface area contributed by atoms with Crippen LogP contribution in [-0.4, -0.2) is 42.5 Å². The summed E-state index contributed by atoms with van der Waals surface area (Å²) < 4.78 is 16.6. The molecule has 2 fully saturated rings. The highest BCUT2D eigenvalue weighted by molar-refractivity contribution is 5.99. The summed E-state index contributed by atoms with van der Waals surface area (Å²) in [5, 5.41) is 2.87. The van der Waals surface area contributed by atoms with Gasteiger partial charge in [0.25, 0.3) is 5.91 Å². The predicted molar refractivity (Wildman–Crippen MR) is 86.3 cm³/mol. The van der Waals surface area contributed by atoms with Crippen LogP contribution in [0.2, 0.25) is 0 Å². The molecule has 0 aromatic heterocycles. The standard InChI is InChI=1S/C18H23NO5/c1-4-22-16(21)18(19-15(20)12-8-6-5-7-9-12)10-13(18)14-11-23-17(2,3)24-14/h5-9,13-14H,4,10-11H2,1-3H3,(H,19,20). The number of amides is 1. The van der Waals surface area contributed by atoms with E-state index in [2.05, 4.69) is 5.32 Å². The topological polar surface area (TPSA) is 73.9 Å². The number of hydrogen-bond acceptors (Lipinski definition) is 5. The van der Waals surface area contributed by atoms with Crippen molar-refractivity contribution in [3.05, 3.63) is 35.9 Å². The first-order valence-corrected chi connectivity index (χ1v) is 8.24. The van der Waals surface area contributed by atoms with Crippen molar-refractivity contribution in [1.29, 1.82) is 0 Å². The molecule has 2 aliphatic rings. The van der Waals surface area contributed by atoms with E-state index >= 15 is 0 Å². The van der Waals surface area contributed by atoms with Gasteiger partial charge in [0.05, 0.1) is 19.3 Å². The summed E-state index contributed by atoms with van der Waals surface area (Å²) in [6.45, 7) is 6.09. The van der Waals surface area contributed by atoms with Crippen molar-refractivity contribution in [1.82, 2.24) is 5.32 Å². The summed E-state index contributed by atoms with van der Waals surface area (Å²) in [5.74, 6) is -1.51. The van der Waals surface area contributed by atoms with Gasteiger partial charge >= 0.3 is 5.97 Å². The van der Waals surface area contributed by atoms with Gasteiger partial charge in [-0.25, -0.2) is 4.79 Å². The zero-order valence-electron chi connectivity index (χ0n) is 14.2. The van der Waals surface area contributed by atoms with Crippen LogP contribution in [-0.2, 0) is 19.0 Å². The Labute approximate surface area is 141 Å². The molecule has 6 nitrogen and oxygen atoms in total. The predicted octanol–water partition coefficient (Wildman–Crippen LogP) is 1.89. The first kappa shape index (κ1) is 16.9. The van der Waals surface area contributed by atoms with Crippen molar-refractivity contribution in [3.63, 3.8) is 0 Å². The van der Waals surface area contributed by atoms with Crippen LogP contribution in [0.4, 0.5) is 0 Å². The second-order valence-corrected chi connectivity index (χ2v) is 6.69. The average molecular weight is 333 g/mol. The SMILES string of the molecule is CCOC(=O)C1(NC(=O)c2ccccc2)CC1C1COC(C)(C)O1. The molecule has 6 heteroatoms. The van der Waals surface area contributed by atoms with Gasteiger partial charge in [-0.3, -0.25) is 4.79 Å². The van der Waals surface area contributed by atoms with E-state index < -0.39 is 17.3 Å². The van der Waals surface area contributed by atoms with Crippen LogP contribution in [0, 0.1) is 5.92 Å². The highest BCUT2D eigenvalue weighted by Gasteiger charge is 2.67. The molecular formula is C18H23NO5. The third-order valence-corrected chi connectivity index (χ3v) is 4.51. The van der Waals surface area contributed by atoms with Gasteiger partial charge in [0, 0.05) is 11.5 Å². The number of carbonyl (C=O) groups is 2. The molecule has 1 aliphatic carbocycles. The minimum atomic E-state index is -1.03. The molecule has 1 amide bonds. The van der Waals surface area contributed by atoms with Crippen molar-refractivity contribution in [3.8, 4) is 0 Å². The van der Waals surface area contributed by atoms with Crippen LogP contribution in [0.5, 0.6) is 0 Å². The van der Waals surface area contributed by atoms with E-state index in [-0.39, 0.29) is 24.5 Å². The smallest absolute Gasteiger partial charge is 0.332 e. The van der Waals surface area contributed by atoms with Gasteiger partial charge < -0.3 is 19.5 Å². The molecule has 1 aromatic carbocycles. The third-order valence-electron chi connectivity index (χ3n) is 4.51. The molecule has 24 heavy (non-hydrogen) atoms. The number of esters is 1. The maximum Gasteiger partial charge on any atom is 0.332 e. The van der Waals surface area contributed by atoms with Gasteiger partial charge in [-0.05, 0) is 39.3 Å². The van der Waals surface area contributed by atoms with E-state index in [0.29, 0.717) is 18.6 Å². The van der Waals surface area contributed by atoms with Crippen molar-refractivity contribution in [2.75, 3.05) is 13.2 Å². The Bertz CT molecular complexity index is 630. The lowest BCUT2D eigenvalue weighted by molar-refractivity contribution is -0.151. The van der Waals surface area contributed by atoms with Gasteiger partial charge in [-0.15, -0.1) is 0 Å². The molecule has 0 bridgehead atoms. The Morgan fingerprint density at radius 2 is 2.00 bits per heavy atom. The number of benzene rings is 1. The minimum absolute atomic E-state index is 0.147. The molecule has 3 rings (SSSR count). The maximum absolute atomic E-state index is 12.5. The van der Waals surface area contributed by atoms with Gasteiger partial charge in [0.1, 0.15) is 5.54 Å². The molecule has 1 N–H and O–H groups in total. The molecule has 0 spiro atoms. The lowest BCUT2D eigenvalue weighted by atomic mass is 10.1. The number of nitrogens with one attached hydrogen (secondary N) is 1. The molecule has 1 saturated carbocycles.